The number of hydrogen-bond donors (Lipinski definition) is 2. The molecule has 3 aromatic rings. The molecule has 0 spiro atoms. The fourth-order valence-electron chi connectivity index (χ4n) is 3.65. The van der Waals surface area contributed by atoms with E-state index in [0.29, 0.717) is 17.1 Å². The fourth-order valence-corrected chi connectivity index (χ4v) is 3.65. The molecule has 0 amide bonds. The topological polar surface area (TPSA) is 121 Å². The summed E-state index contributed by atoms with van der Waals surface area (Å²) in [4.78, 5) is 25.1. The highest BCUT2D eigenvalue weighted by Gasteiger charge is 2.48. The van der Waals surface area contributed by atoms with E-state index in [-0.39, 0.29) is 12.2 Å². The molecule has 0 aliphatic carbocycles. The van der Waals surface area contributed by atoms with Gasteiger partial charge in [-0.25, -0.2) is 9.59 Å². The van der Waals surface area contributed by atoms with Gasteiger partial charge in [0.2, 0.25) is 6.29 Å². The molecule has 4 rings (SSSR count). The highest BCUT2D eigenvalue weighted by molar-refractivity contribution is 5.89. The van der Waals surface area contributed by atoms with Crippen LogP contribution in [0.25, 0.3) is 0 Å². The number of methoxy groups -OCH3 is 1. The third-order valence-electron chi connectivity index (χ3n) is 5.59. The van der Waals surface area contributed by atoms with Crippen LogP contribution in [-0.2, 0) is 14.2 Å². The van der Waals surface area contributed by atoms with E-state index in [1.807, 2.05) is 0 Å². The van der Waals surface area contributed by atoms with Crippen LogP contribution < -0.4 is 9.47 Å². The second-order valence-corrected chi connectivity index (χ2v) is 8.02. The van der Waals surface area contributed by atoms with E-state index in [2.05, 4.69) is 0 Å². The molecule has 1 heterocycles. The number of aliphatic hydroxyl groups excluding tert-OH is 2. The molecule has 0 aromatic heterocycles. The van der Waals surface area contributed by atoms with Crippen LogP contribution in [0.2, 0.25) is 0 Å². The summed E-state index contributed by atoms with van der Waals surface area (Å²) in [6.07, 6.45) is -6.97. The zero-order valence-corrected chi connectivity index (χ0v) is 19.4. The molecule has 1 aliphatic heterocycles. The lowest BCUT2D eigenvalue weighted by Gasteiger charge is -2.41. The van der Waals surface area contributed by atoms with Gasteiger partial charge in [-0.3, -0.25) is 0 Å². The summed E-state index contributed by atoms with van der Waals surface area (Å²) in [7, 11) is 1.53. The van der Waals surface area contributed by atoms with Crippen molar-refractivity contribution >= 4 is 11.9 Å². The van der Waals surface area contributed by atoms with Crippen molar-refractivity contribution in [2.75, 3.05) is 13.7 Å². The Morgan fingerprint density at radius 2 is 1.33 bits per heavy atom. The number of benzene rings is 3. The van der Waals surface area contributed by atoms with Gasteiger partial charge in [-0.1, -0.05) is 36.4 Å². The summed E-state index contributed by atoms with van der Waals surface area (Å²) in [5, 5.41) is 21.8. The summed E-state index contributed by atoms with van der Waals surface area (Å²) in [6, 6.07) is 23.0. The molecule has 0 bridgehead atoms. The maximum atomic E-state index is 12.7. The average molecular weight is 494 g/mol. The smallest absolute Gasteiger partial charge is 0.338 e. The van der Waals surface area contributed by atoms with Crippen molar-refractivity contribution in [3.8, 4) is 11.5 Å². The Morgan fingerprint density at radius 3 is 1.92 bits per heavy atom. The second-order valence-electron chi connectivity index (χ2n) is 8.02. The molecule has 0 saturated carbocycles. The lowest BCUT2D eigenvalue weighted by molar-refractivity contribution is -0.276. The standard InChI is InChI=1S/C27H26O9/c1-32-19-12-14-20(15-13-19)34-27-23(29)24(36-26(31)18-10-6-3-7-11-18)22(28)21(35-27)16-33-25(30)17-8-4-2-5-9-17/h2-15,21-24,27-29H,16H2,1H3/t21?,22-,23-,24?,27+/m0/s1. The monoisotopic (exact) mass is 494 g/mol. The second kappa shape index (κ2) is 11.7. The van der Waals surface area contributed by atoms with Gasteiger partial charge in [0.1, 0.15) is 30.3 Å². The minimum Gasteiger partial charge on any atom is -0.497 e. The molecule has 188 valence electrons. The molecular formula is C27H26O9. The van der Waals surface area contributed by atoms with Crippen molar-refractivity contribution in [1.82, 2.24) is 0 Å². The molecule has 1 fully saturated rings. The van der Waals surface area contributed by atoms with E-state index < -0.39 is 42.6 Å². The lowest BCUT2D eigenvalue weighted by Crippen LogP contribution is -2.61. The summed E-state index contributed by atoms with van der Waals surface area (Å²) in [6.45, 7) is -0.372. The highest BCUT2D eigenvalue weighted by atomic mass is 16.7. The molecule has 1 aliphatic rings. The Bertz CT molecular complexity index is 1130. The van der Waals surface area contributed by atoms with Crippen molar-refractivity contribution in [3.63, 3.8) is 0 Å². The van der Waals surface area contributed by atoms with E-state index in [1.54, 1.807) is 84.9 Å². The van der Waals surface area contributed by atoms with E-state index in [9.17, 15) is 19.8 Å². The third kappa shape index (κ3) is 6.01. The van der Waals surface area contributed by atoms with Gasteiger partial charge in [-0.2, -0.15) is 0 Å². The minimum atomic E-state index is -1.55. The average Bonchev–Trinajstić information content (AvgIpc) is 2.93. The van der Waals surface area contributed by atoms with E-state index in [1.165, 1.54) is 7.11 Å². The highest BCUT2D eigenvalue weighted by Crippen LogP contribution is 2.28. The largest absolute Gasteiger partial charge is 0.497 e. The summed E-state index contributed by atoms with van der Waals surface area (Å²) in [5.41, 5.74) is 0.559. The molecule has 0 radical (unpaired) electrons. The number of carbonyl (C=O) groups is 2. The number of rotatable bonds is 8. The first-order valence-corrected chi connectivity index (χ1v) is 11.3. The van der Waals surface area contributed by atoms with Gasteiger partial charge in [0.05, 0.1) is 18.2 Å². The summed E-state index contributed by atoms with van der Waals surface area (Å²) >= 11 is 0. The van der Waals surface area contributed by atoms with Crippen molar-refractivity contribution in [2.45, 2.75) is 30.7 Å². The predicted octanol–water partition coefficient (Wildman–Crippen LogP) is 2.60. The maximum absolute atomic E-state index is 12.7. The Hall–Kier alpha value is -3.92. The zero-order chi connectivity index (χ0) is 25.5. The molecule has 3 aromatic carbocycles. The zero-order valence-electron chi connectivity index (χ0n) is 19.4. The third-order valence-corrected chi connectivity index (χ3v) is 5.59. The minimum absolute atomic E-state index is 0.239. The molecule has 2 N–H and O–H groups in total. The van der Waals surface area contributed by atoms with Gasteiger partial charge in [0.15, 0.2) is 12.2 Å². The number of aliphatic hydroxyl groups is 2. The van der Waals surface area contributed by atoms with Gasteiger partial charge >= 0.3 is 11.9 Å². The number of ether oxygens (including phenoxy) is 5. The molecular weight excluding hydrogens is 468 g/mol. The predicted molar refractivity (Wildman–Crippen MR) is 127 cm³/mol. The van der Waals surface area contributed by atoms with Gasteiger partial charge in [-0.15, -0.1) is 0 Å². The lowest BCUT2D eigenvalue weighted by atomic mass is 9.98. The van der Waals surface area contributed by atoms with Gasteiger partial charge in [0.25, 0.3) is 0 Å². The SMILES string of the molecule is COc1ccc(O[C@@H]2OC(COC(=O)c3ccccc3)[C@H](O)C(OC(=O)c3ccccc3)[C@@H]2O)cc1. The van der Waals surface area contributed by atoms with Crippen LogP contribution in [-0.4, -0.2) is 66.6 Å². The normalized spacial score (nSPS) is 23.4. The summed E-state index contributed by atoms with van der Waals surface area (Å²) in [5.74, 6) is -0.431. The van der Waals surface area contributed by atoms with E-state index in [0.717, 1.165) is 0 Å². The van der Waals surface area contributed by atoms with Crippen molar-refractivity contribution in [3.05, 3.63) is 96.1 Å². The van der Waals surface area contributed by atoms with Crippen LogP contribution >= 0.6 is 0 Å². The molecule has 9 heteroatoms. The van der Waals surface area contributed by atoms with E-state index in [4.69, 9.17) is 23.7 Å². The first kappa shape index (κ1) is 25.2. The Balaban J connectivity index is 1.51. The van der Waals surface area contributed by atoms with Crippen molar-refractivity contribution in [1.29, 1.82) is 0 Å². The van der Waals surface area contributed by atoms with E-state index >= 15 is 0 Å². The molecule has 1 saturated heterocycles. The number of esters is 2. The van der Waals surface area contributed by atoms with Gasteiger partial charge in [-0.05, 0) is 48.5 Å². The van der Waals surface area contributed by atoms with Crippen molar-refractivity contribution in [2.24, 2.45) is 0 Å². The van der Waals surface area contributed by atoms with Crippen molar-refractivity contribution < 1.29 is 43.5 Å². The van der Waals surface area contributed by atoms with Gasteiger partial charge in [0, 0.05) is 0 Å². The van der Waals surface area contributed by atoms with Crippen LogP contribution in [0.5, 0.6) is 11.5 Å². The van der Waals surface area contributed by atoms with Crippen LogP contribution in [0.1, 0.15) is 20.7 Å². The van der Waals surface area contributed by atoms with Crippen LogP contribution in [0.3, 0.4) is 0 Å². The molecule has 9 nitrogen and oxygen atoms in total. The Kier molecular flexibility index (Phi) is 8.17. The van der Waals surface area contributed by atoms with Gasteiger partial charge < -0.3 is 33.9 Å². The molecule has 5 atom stereocenters. The molecule has 2 unspecified atom stereocenters. The number of hydrogen-bond acceptors (Lipinski definition) is 9. The Morgan fingerprint density at radius 1 is 0.778 bits per heavy atom. The summed E-state index contributed by atoms with van der Waals surface area (Å²) < 4.78 is 27.5. The molecule has 36 heavy (non-hydrogen) atoms. The van der Waals surface area contributed by atoms with Crippen LogP contribution in [0.4, 0.5) is 0 Å². The maximum Gasteiger partial charge on any atom is 0.338 e. The van der Waals surface area contributed by atoms with Crippen LogP contribution in [0.15, 0.2) is 84.9 Å². The number of carbonyl (C=O) groups excluding carboxylic acids is 2. The first-order chi connectivity index (χ1) is 17.5. The Labute approximate surface area is 207 Å². The fraction of sp³-hybridized carbons (Fsp3) is 0.259. The quantitative estimate of drug-likeness (QED) is 0.455. The van der Waals surface area contributed by atoms with Crippen LogP contribution in [0, 0.1) is 0 Å². The first-order valence-electron chi connectivity index (χ1n) is 11.3.